The summed E-state index contributed by atoms with van der Waals surface area (Å²) in [4.78, 5) is 19.8. The number of aromatic nitrogens is 5. The quantitative estimate of drug-likeness (QED) is 0.526. The number of β-amino-alcohol motifs (C(OH)–C–C–N with tert-alkyl or cyclic N) is 1. The first-order chi connectivity index (χ1) is 15.0. The van der Waals surface area contributed by atoms with Crippen molar-refractivity contribution in [3.05, 3.63) is 57.6 Å². The second-order valence-corrected chi connectivity index (χ2v) is 8.45. The predicted molar refractivity (Wildman–Crippen MR) is 119 cm³/mol. The van der Waals surface area contributed by atoms with E-state index in [4.69, 9.17) is 16.7 Å². The van der Waals surface area contributed by atoms with Gasteiger partial charge in [0, 0.05) is 42.7 Å². The molecular weight excluding hydrogens is 416 g/mol. The smallest absolute Gasteiger partial charge is 0.275 e. The monoisotopic (exact) mass is 438 g/mol. The van der Waals surface area contributed by atoms with Gasteiger partial charge < -0.3 is 10.0 Å². The molecule has 4 heterocycles. The Kier molecular flexibility index (Phi) is 5.21. The van der Waals surface area contributed by atoms with E-state index in [0.717, 1.165) is 48.1 Å². The zero-order valence-electron chi connectivity index (χ0n) is 17.2. The van der Waals surface area contributed by atoms with Crippen molar-refractivity contribution in [2.45, 2.75) is 18.8 Å². The second kappa shape index (κ2) is 8.03. The summed E-state index contributed by atoms with van der Waals surface area (Å²) in [5.41, 5.74) is 3.25. The molecule has 1 saturated heterocycles. The summed E-state index contributed by atoms with van der Waals surface area (Å²) in [5, 5.41) is 19.5. The van der Waals surface area contributed by atoms with E-state index in [-0.39, 0.29) is 12.2 Å². The molecule has 0 atom stereocenters. The Morgan fingerprint density at radius 3 is 2.74 bits per heavy atom. The highest BCUT2D eigenvalue weighted by atomic mass is 35.5. The first-order valence-electron chi connectivity index (χ1n) is 10.4. The normalized spacial score (nSPS) is 15.8. The third kappa shape index (κ3) is 3.82. The SMILES string of the molecule is Cn1cc2cc(-c3cc(=O)n4nc(C5CCN(CCO)CC5)ccc4n3)cc(Cl)c2n1. The van der Waals surface area contributed by atoms with E-state index in [0.29, 0.717) is 28.8 Å². The minimum atomic E-state index is -0.220. The molecule has 1 N–H and O–H groups in total. The van der Waals surface area contributed by atoms with Crippen molar-refractivity contribution in [3.63, 3.8) is 0 Å². The predicted octanol–water partition coefficient (Wildman–Crippen LogP) is 2.47. The molecule has 0 amide bonds. The van der Waals surface area contributed by atoms with Crippen LogP contribution in [-0.2, 0) is 7.05 Å². The Hall–Kier alpha value is -2.81. The highest BCUT2D eigenvalue weighted by molar-refractivity contribution is 6.35. The summed E-state index contributed by atoms with van der Waals surface area (Å²) in [6, 6.07) is 9.06. The van der Waals surface area contributed by atoms with Crippen molar-refractivity contribution in [2.75, 3.05) is 26.2 Å². The molecule has 1 aliphatic heterocycles. The van der Waals surface area contributed by atoms with E-state index >= 15 is 0 Å². The van der Waals surface area contributed by atoms with Crippen LogP contribution in [-0.4, -0.2) is 60.6 Å². The van der Waals surface area contributed by atoms with Gasteiger partial charge >= 0.3 is 0 Å². The summed E-state index contributed by atoms with van der Waals surface area (Å²) in [6.07, 6.45) is 3.81. The van der Waals surface area contributed by atoms with Gasteiger partial charge in [0.05, 0.1) is 23.0 Å². The zero-order valence-corrected chi connectivity index (χ0v) is 18.0. The Morgan fingerprint density at radius 1 is 1.16 bits per heavy atom. The molecular formula is C22H23ClN6O2. The Labute approximate surface area is 183 Å². The molecule has 0 bridgehead atoms. The van der Waals surface area contributed by atoms with Crippen molar-refractivity contribution < 1.29 is 5.11 Å². The third-order valence-corrected chi connectivity index (χ3v) is 6.22. The molecule has 160 valence electrons. The number of piperidine rings is 1. The minimum absolute atomic E-state index is 0.182. The van der Waals surface area contributed by atoms with Crippen molar-refractivity contribution in [2.24, 2.45) is 7.05 Å². The number of aliphatic hydroxyl groups is 1. The maximum atomic E-state index is 12.9. The standard InChI is InChI=1S/C22H23ClN6O2/c1-27-13-16-10-15(11-17(23)22(16)26-27)19-12-21(31)29-20(24-19)3-2-18(25-29)14-4-6-28(7-5-14)8-9-30/h2-3,10-14,30H,4-9H2,1H3. The number of nitrogens with zero attached hydrogens (tertiary/aromatic N) is 6. The number of hydrogen-bond acceptors (Lipinski definition) is 6. The number of rotatable bonds is 4. The van der Waals surface area contributed by atoms with E-state index < -0.39 is 0 Å². The van der Waals surface area contributed by atoms with Crippen LogP contribution >= 0.6 is 11.6 Å². The van der Waals surface area contributed by atoms with Crippen LogP contribution < -0.4 is 5.56 Å². The van der Waals surface area contributed by atoms with Gasteiger partial charge in [0.2, 0.25) is 0 Å². The molecule has 1 fully saturated rings. The average Bonchev–Trinajstić information content (AvgIpc) is 3.15. The second-order valence-electron chi connectivity index (χ2n) is 8.05. The number of fused-ring (bicyclic) bond motifs is 2. The van der Waals surface area contributed by atoms with E-state index in [1.54, 1.807) is 10.7 Å². The molecule has 0 saturated carbocycles. The number of halogens is 1. The van der Waals surface area contributed by atoms with Gasteiger partial charge in [-0.05, 0) is 50.2 Å². The molecule has 3 aromatic heterocycles. The largest absolute Gasteiger partial charge is 0.395 e. The molecule has 1 aromatic carbocycles. The summed E-state index contributed by atoms with van der Waals surface area (Å²) >= 11 is 6.40. The summed E-state index contributed by atoms with van der Waals surface area (Å²) < 4.78 is 3.09. The number of aryl methyl sites for hydroxylation is 1. The summed E-state index contributed by atoms with van der Waals surface area (Å²) in [5.74, 6) is 0.303. The van der Waals surface area contributed by atoms with Gasteiger partial charge in [-0.3, -0.25) is 9.48 Å². The molecule has 1 aliphatic rings. The molecule has 0 aliphatic carbocycles. The van der Waals surface area contributed by atoms with Crippen LogP contribution in [0.3, 0.4) is 0 Å². The fourth-order valence-electron chi connectivity index (χ4n) is 4.33. The lowest BCUT2D eigenvalue weighted by Gasteiger charge is -2.31. The van der Waals surface area contributed by atoms with Crippen LogP contribution in [0, 0.1) is 0 Å². The van der Waals surface area contributed by atoms with Crippen LogP contribution in [0.5, 0.6) is 0 Å². The van der Waals surface area contributed by atoms with Gasteiger partial charge in [-0.25, -0.2) is 4.98 Å². The number of benzene rings is 1. The third-order valence-electron chi connectivity index (χ3n) is 5.93. The van der Waals surface area contributed by atoms with Gasteiger partial charge in [-0.2, -0.15) is 14.7 Å². The number of hydrogen-bond donors (Lipinski definition) is 1. The number of aliphatic hydroxyl groups excluding tert-OH is 1. The number of likely N-dealkylation sites (tertiary alicyclic amines) is 1. The van der Waals surface area contributed by atoms with Gasteiger partial charge in [0.1, 0.15) is 5.52 Å². The summed E-state index contributed by atoms with van der Waals surface area (Å²) in [6.45, 7) is 2.74. The van der Waals surface area contributed by atoms with E-state index in [9.17, 15) is 4.79 Å². The lowest BCUT2D eigenvalue weighted by molar-refractivity contribution is 0.163. The first-order valence-corrected chi connectivity index (χ1v) is 10.8. The Morgan fingerprint density at radius 2 is 1.97 bits per heavy atom. The maximum Gasteiger partial charge on any atom is 0.275 e. The molecule has 31 heavy (non-hydrogen) atoms. The van der Waals surface area contributed by atoms with Crippen molar-refractivity contribution in [1.82, 2.24) is 29.3 Å². The topological polar surface area (TPSA) is 88.5 Å². The minimum Gasteiger partial charge on any atom is -0.395 e. The highest BCUT2D eigenvalue weighted by Crippen LogP contribution is 2.29. The summed E-state index contributed by atoms with van der Waals surface area (Å²) in [7, 11) is 1.84. The fraction of sp³-hybridized carbons (Fsp3) is 0.364. The highest BCUT2D eigenvalue weighted by Gasteiger charge is 2.22. The van der Waals surface area contributed by atoms with Gasteiger partial charge in [0.15, 0.2) is 5.65 Å². The average molecular weight is 439 g/mol. The lowest BCUT2D eigenvalue weighted by atomic mass is 9.93. The molecule has 9 heteroatoms. The van der Waals surface area contributed by atoms with Gasteiger partial charge in [0.25, 0.3) is 5.56 Å². The van der Waals surface area contributed by atoms with Crippen LogP contribution in [0.2, 0.25) is 5.02 Å². The van der Waals surface area contributed by atoms with E-state index in [1.165, 1.54) is 10.6 Å². The molecule has 5 rings (SSSR count). The van der Waals surface area contributed by atoms with Crippen molar-refractivity contribution in [3.8, 4) is 11.3 Å². The lowest BCUT2D eigenvalue weighted by Crippen LogP contribution is -2.35. The van der Waals surface area contributed by atoms with Gasteiger partial charge in [-0.15, -0.1) is 0 Å². The zero-order chi connectivity index (χ0) is 21.5. The van der Waals surface area contributed by atoms with Crippen LogP contribution in [0.15, 0.2) is 41.3 Å². The molecule has 0 radical (unpaired) electrons. The first kappa shape index (κ1) is 20.1. The van der Waals surface area contributed by atoms with Crippen LogP contribution in [0.1, 0.15) is 24.5 Å². The van der Waals surface area contributed by atoms with Crippen molar-refractivity contribution in [1.29, 1.82) is 0 Å². The maximum absolute atomic E-state index is 12.9. The van der Waals surface area contributed by atoms with Crippen molar-refractivity contribution >= 4 is 28.2 Å². The molecule has 8 nitrogen and oxygen atoms in total. The van der Waals surface area contributed by atoms with E-state index in [2.05, 4.69) is 20.1 Å². The van der Waals surface area contributed by atoms with Gasteiger partial charge in [-0.1, -0.05) is 11.6 Å². The molecule has 0 unspecified atom stereocenters. The Bertz CT molecular complexity index is 1320. The Balaban J connectivity index is 1.48. The molecule has 0 spiro atoms. The molecule has 4 aromatic rings. The fourth-order valence-corrected chi connectivity index (χ4v) is 4.59. The van der Waals surface area contributed by atoms with Crippen LogP contribution in [0.4, 0.5) is 0 Å². The van der Waals surface area contributed by atoms with Crippen LogP contribution in [0.25, 0.3) is 27.8 Å². The van der Waals surface area contributed by atoms with E-state index in [1.807, 2.05) is 31.4 Å².